The first-order chi connectivity index (χ1) is 12.6. The Balaban J connectivity index is 2.06. The van der Waals surface area contributed by atoms with E-state index < -0.39 is 16.1 Å². The molecule has 0 heterocycles. The predicted molar refractivity (Wildman–Crippen MR) is 103 cm³/mol. The molecule has 0 bridgehead atoms. The molecule has 0 saturated carbocycles. The summed E-state index contributed by atoms with van der Waals surface area (Å²) in [5.74, 6) is -0.571. The fourth-order valence-corrected chi connectivity index (χ4v) is 3.35. The fourth-order valence-electron chi connectivity index (χ4n) is 2.41. The number of amides is 1. The molecule has 1 N–H and O–H groups in total. The molecule has 0 spiro atoms. The number of sulfonamides is 1. The van der Waals surface area contributed by atoms with Gasteiger partial charge >= 0.3 is 0 Å². The summed E-state index contributed by atoms with van der Waals surface area (Å²) >= 11 is 0. The van der Waals surface area contributed by atoms with E-state index in [4.69, 9.17) is 0 Å². The smallest absolute Gasteiger partial charge is 0.242 e. The molecule has 1 amide bonds. The summed E-state index contributed by atoms with van der Waals surface area (Å²) in [4.78, 5) is 14.5. The molecule has 0 radical (unpaired) electrons. The van der Waals surface area contributed by atoms with Gasteiger partial charge < -0.3 is 5.32 Å². The van der Waals surface area contributed by atoms with E-state index in [2.05, 4.69) is 5.32 Å². The summed E-state index contributed by atoms with van der Waals surface area (Å²) in [5.41, 5.74) is 1.29. The van der Waals surface area contributed by atoms with Crippen molar-refractivity contribution in [1.82, 2.24) is 9.21 Å². The van der Waals surface area contributed by atoms with Crippen molar-refractivity contribution in [1.29, 1.82) is 0 Å². The van der Waals surface area contributed by atoms with Crippen LogP contribution < -0.4 is 5.32 Å². The van der Waals surface area contributed by atoms with E-state index in [9.17, 15) is 17.6 Å². The molecule has 0 aliphatic rings. The first-order valence-corrected chi connectivity index (χ1v) is 9.83. The van der Waals surface area contributed by atoms with Crippen LogP contribution in [0.2, 0.25) is 0 Å². The van der Waals surface area contributed by atoms with E-state index >= 15 is 0 Å². The largest absolute Gasteiger partial charge is 0.325 e. The molecule has 0 aliphatic carbocycles. The lowest BCUT2D eigenvalue weighted by Gasteiger charge is -2.24. The molecule has 2 aromatic rings. The van der Waals surface area contributed by atoms with Crippen LogP contribution in [0.1, 0.15) is 12.5 Å². The number of rotatable bonds is 7. The first-order valence-electron chi connectivity index (χ1n) is 8.39. The third-order valence-electron chi connectivity index (χ3n) is 4.27. The Morgan fingerprint density at radius 1 is 1.11 bits per heavy atom. The highest BCUT2D eigenvalue weighted by atomic mass is 32.2. The lowest BCUT2D eigenvalue weighted by atomic mass is 10.2. The number of hydrogen-bond donors (Lipinski definition) is 1. The van der Waals surface area contributed by atoms with E-state index in [0.29, 0.717) is 12.2 Å². The van der Waals surface area contributed by atoms with Crippen LogP contribution in [-0.4, -0.2) is 50.7 Å². The molecule has 6 nitrogen and oxygen atoms in total. The van der Waals surface area contributed by atoms with Gasteiger partial charge in [-0.15, -0.1) is 0 Å². The lowest BCUT2D eigenvalue weighted by molar-refractivity contribution is -0.120. The molecule has 0 unspecified atom stereocenters. The Kier molecular flexibility index (Phi) is 6.69. The summed E-state index contributed by atoms with van der Waals surface area (Å²) in [6.45, 7) is 2.23. The number of benzene rings is 2. The maximum Gasteiger partial charge on any atom is 0.242 e. The summed E-state index contributed by atoms with van der Waals surface area (Å²) in [7, 11) is 1.12. The topological polar surface area (TPSA) is 69.7 Å². The summed E-state index contributed by atoms with van der Waals surface area (Å²) < 4.78 is 38.5. The van der Waals surface area contributed by atoms with Gasteiger partial charge in [-0.1, -0.05) is 18.2 Å². The van der Waals surface area contributed by atoms with Crippen LogP contribution in [0, 0.1) is 5.82 Å². The molecule has 146 valence electrons. The minimum Gasteiger partial charge on any atom is -0.325 e. The molecule has 0 aromatic heterocycles. The highest BCUT2D eigenvalue weighted by Crippen LogP contribution is 2.18. The molecule has 0 fully saturated rings. The zero-order valence-corrected chi connectivity index (χ0v) is 16.6. The molecule has 2 rings (SSSR count). The van der Waals surface area contributed by atoms with Crippen molar-refractivity contribution in [2.75, 3.05) is 26.5 Å². The fraction of sp³-hybridized carbons (Fsp3) is 0.316. The summed E-state index contributed by atoms with van der Waals surface area (Å²) in [5, 5.41) is 2.75. The maximum absolute atomic E-state index is 13.0. The normalized spacial score (nSPS) is 13.0. The van der Waals surface area contributed by atoms with E-state index in [1.807, 2.05) is 4.90 Å². The average molecular weight is 393 g/mol. The van der Waals surface area contributed by atoms with Gasteiger partial charge in [0.2, 0.25) is 15.9 Å². The Morgan fingerprint density at radius 3 is 2.33 bits per heavy atom. The lowest BCUT2D eigenvalue weighted by Crippen LogP contribution is -2.39. The molecular weight excluding hydrogens is 369 g/mol. The molecule has 0 saturated heterocycles. The minimum atomic E-state index is -3.58. The summed E-state index contributed by atoms with van der Waals surface area (Å²) in [6.07, 6.45) is 0. The van der Waals surface area contributed by atoms with Crippen molar-refractivity contribution < 1.29 is 17.6 Å². The van der Waals surface area contributed by atoms with Gasteiger partial charge in [0.15, 0.2) is 0 Å². The van der Waals surface area contributed by atoms with Gasteiger partial charge in [-0.3, -0.25) is 9.69 Å². The standard InChI is InChI=1S/C19H24FN3O3S/c1-14(23(4)13-15-8-10-16(20)11-9-15)19(24)21-17-6-5-7-18(12-17)27(25,26)22(2)3/h5-12,14H,13H2,1-4H3,(H,21,24)/t14-/m0/s1. The van der Waals surface area contributed by atoms with Crippen molar-refractivity contribution in [2.24, 2.45) is 0 Å². The number of anilines is 1. The number of nitrogens with one attached hydrogen (secondary N) is 1. The van der Waals surface area contributed by atoms with Crippen LogP contribution in [0.4, 0.5) is 10.1 Å². The number of carbonyl (C=O) groups is 1. The Morgan fingerprint density at radius 2 is 1.74 bits per heavy atom. The molecule has 0 aliphatic heterocycles. The Labute approximate surface area is 159 Å². The molecule has 1 atom stereocenters. The molecule has 27 heavy (non-hydrogen) atoms. The van der Waals surface area contributed by atoms with Crippen LogP contribution in [0.25, 0.3) is 0 Å². The number of carbonyl (C=O) groups excluding carboxylic acids is 1. The SMILES string of the molecule is C[C@@H](C(=O)Nc1cccc(S(=O)(=O)N(C)C)c1)N(C)Cc1ccc(F)cc1. The van der Waals surface area contributed by atoms with Crippen LogP contribution in [0.5, 0.6) is 0 Å². The van der Waals surface area contributed by atoms with Crippen molar-refractivity contribution >= 4 is 21.6 Å². The minimum absolute atomic E-state index is 0.109. The predicted octanol–water partition coefficient (Wildman–Crippen LogP) is 2.54. The second kappa shape index (κ2) is 8.60. The number of hydrogen-bond acceptors (Lipinski definition) is 4. The number of halogens is 1. The number of nitrogens with zero attached hydrogens (tertiary/aromatic N) is 2. The Hall–Kier alpha value is -2.29. The van der Waals surface area contributed by atoms with E-state index in [1.54, 1.807) is 38.2 Å². The van der Waals surface area contributed by atoms with Gasteiger partial charge in [0.1, 0.15) is 5.82 Å². The second-order valence-electron chi connectivity index (χ2n) is 6.52. The van der Waals surface area contributed by atoms with Crippen LogP contribution in [-0.2, 0) is 21.4 Å². The van der Waals surface area contributed by atoms with Gasteiger partial charge in [0, 0.05) is 26.3 Å². The van der Waals surface area contributed by atoms with Crippen LogP contribution in [0.15, 0.2) is 53.4 Å². The number of likely N-dealkylation sites (N-methyl/N-ethyl adjacent to an activating group) is 1. The van der Waals surface area contributed by atoms with Gasteiger partial charge in [-0.05, 0) is 49.9 Å². The van der Waals surface area contributed by atoms with Crippen LogP contribution in [0.3, 0.4) is 0 Å². The van der Waals surface area contributed by atoms with Gasteiger partial charge in [-0.25, -0.2) is 17.1 Å². The second-order valence-corrected chi connectivity index (χ2v) is 8.67. The van der Waals surface area contributed by atoms with Gasteiger partial charge in [0.25, 0.3) is 0 Å². The Bertz CT molecular complexity index is 899. The van der Waals surface area contributed by atoms with Crippen molar-refractivity contribution in [2.45, 2.75) is 24.4 Å². The monoisotopic (exact) mass is 393 g/mol. The third-order valence-corrected chi connectivity index (χ3v) is 6.08. The van der Waals surface area contributed by atoms with Crippen molar-refractivity contribution in [3.63, 3.8) is 0 Å². The van der Waals surface area contributed by atoms with Crippen molar-refractivity contribution in [3.05, 3.63) is 59.9 Å². The third kappa shape index (κ3) is 5.35. The first kappa shape index (κ1) is 21.0. The molecule has 8 heteroatoms. The zero-order chi connectivity index (χ0) is 20.2. The molecule has 2 aromatic carbocycles. The van der Waals surface area contributed by atoms with E-state index in [-0.39, 0.29) is 16.6 Å². The molecular formula is C19H24FN3O3S. The summed E-state index contributed by atoms with van der Waals surface area (Å²) in [6, 6.07) is 11.8. The zero-order valence-electron chi connectivity index (χ0n) is 15.8. The van der Waals surface area contributed by atoms with Gasteiger partial charge in [-0.2, -0.15) is 0 Å². The average Bonchev–Trinajstić information content (AvgIpc) is 2.63. The quantitative estimate of drug-likeness (QED) is 0.785. The highest BCUT2D eigenvalue weighted by molar-refractivity contribution is 7.89. The van der Waals surface area contributed by atoms with Crippen LogP contribution >= 0.6 is 0 Å². The van der Waals surface area contributed by atoms with E-state index in [1.165, 1.54) is 38.4 Å². The highest BCUT2D eigenvalue weighted by Gasteiger charge is 2.20. The van der Waals surface area contributed by atoms with Crippen molar-refractivity contribution in [3.8, 4) is 0 Å². The maximum atomic E-state index is 13.0. The van der Waals surface area contributed by atoms with E-state index in [0.717, 1.165) is 9.87 Å². The van der Waals surface area contributed by atoms with Gasteiger partial charge in [0.05, 0.1) is 10.9 Å².